The van der Waals surface area contributed by atoms with Gasteiger partial charge in [-0.15, -0.1) is 24.0 Å². The van der Waals surface area contributed by atoms with Crippen LogP contribution in [0.3, 0.4) is 0 Å². The predicted octanol–water partition coefficient (Wildman–Crippen LogP) is 2.79. The summed E-state index contributed by atoms with van der Waals surface area (Å²) in [7, 11) is -1.99. The molecule has 0 fully saturated rings. The minimum absolute atomic E-state index is 0. The molecular weight excluding hydrogens is 515 g/mol. The Bertz CT molecular complexity index is 903. The summed E-state index contributed by atoms with van der Waals surface area (Å²) in [5, 5.41) is 6.56. The van der Waals surface area contributed by atoms with Crippen molar-refractivity contribution in [1.82, 2.24) is 15.4 Å². The number of hydrogen-bond donors (Lipinski definition) is 3. The van der Waals surface area contributed by atoms with Crippen molar-refractivity contribution in [3.8, 4) is 0 Å². The zero-order valence-corrected chi connectivity index (χ0v) is 20.8. The Hall–Kier alpha value is -1.69. The van der Waals surface area contributed by atoms with Crippen LogP contribution in [0.15, 0.2) is 58.4 Å². The van der Waals surface area contributed by atoms with Crippen LogP contribution in [0.5, 0.6) is 0 Å². The highest BCUT2D eigenvalue weighted by Gasteiger charge is 2.12. The Kier molecular flexibility index (Phi) is 11.9. The molecule has 0 unspecified atom stereocenters. The Morgan fingerprint density at radius 1 is 1.07 bits per heavy atom. The molecule has 0 spiro atoms. The van der Waals surface area contributed by atoms with E-state index < -0.39 is 10.0 Å². The number of nitrogens with one attached hydrogen (secondary N) is 3. The highest BCUT2D eigenvalue weighted by atomic mass is 127. The van der Waals surface area contributed by atoms with Crippen LogP contribution < -0.4 is 15.4 Å². The molecule has 0 atom stereocenters. The fourth-order valence-corrected chi connectivity index (χ4v) is 3.65. The molecule has 30 heavy (non-hydrogen) atoms. The largest absolute Gasteiger partial charge is 0.383 e. The molecule has 7 nitrogen and oxygen atoms in total. The topological polar surface area (TPSA) is 91.8 Å². The Morgan fingerprint density at radius 3 is 2.40 bits per heavy atom. The zero-order chi connectivity index (χ0) is 21.1. The first-order valence-electron chi connectivity index (χ1n) is 9.60. The number of aryl methyl sites for hydroxylation is 1. The van der Waals surface area contributed by atoms with Crippen LogP contribution in [-0.4, -0.2) is 41.2 Å². The van der Waals surface area contributed by atoms with Gasteiger partial charge in [-0.3, -0.25) is 0 Å². The van der Waals surface area contributed by atoms with Gasteiger partial charge in [-0.05, 0) is 42.7 Å². The highest BCUT2D eigenvalue weighted by molar-refractivity contribution is 14.0. The maximum atomic E-state index is 12.2. The van der Waals surface area contributed by atoms with Crippen molar-refractivity contribution in [3.63, 3.8) is 0 Å². The number of methoxy groups -OCH3 is 1. The zero-order valence-electron chi connectivity index (χ0n) is 17.6. The Balaban J connectivity index is 0.00000450. The Morgan fingerprint density at radius 2 is 1.77 bits per heavy atom. The van der Waals surface area contributed by atoms with Crippen LogP contribution in [0.1, 0.15) is 23.6 Å². The minimum Gasteiger partial charge on any atom is -0.383 e. The SMILES string of the molecule is CCNC(=NCc1ccc(S(=O)(=O)NCCOC)cc1)NCc1ccccc1C.I. The summed E-state index contributed by atoms with van der Waals surface area (Å²) < 4.78 is 31.8. The smallest absolute Gasteiger partial charge is 0.240 e. The number of ether oxygens (including phenoxy) is 1. The normalized spacial score (nSPS) is 11.6. The molecule has 0 aliphatic carbocycles. The minimum atomic E-state index is -3.52. The van der Waals surface area contributed by atoms with Crippen LogP contribution in [0, 0.1) is 6.92 Å². The van der Waals surface area contributed by atoms with E-state index in [1.165, 1.54) is 18.2 Å². The van der Waals surface area contributed by atoms with Gasteiger partial charge in [-0.25, -0.2) is 18.1 Å². The van der Waals surface area contributed by atoms with Crippen molar-refractivity contribution in [2.75, 3.05) is 26.8 Å². The molecule has 0 bridgehead atoms. The number of sulfonamides is 1. The molecule has 0 radical (unpaired) electrons. The van der Waals surface area contributed by atoms with E-state index in [4.69, 9.17) is 4.74 Å². The first-order chi connectivity index (χ1) is 14.0. The van der Waals surface area contributed by atoms with Gasteiger partial charge in [0.1, 0.15) is 0 Å². The molecular formula is C21H31IN4O3S. The van der Waals surface area contributed by atoms with Crippen molar-refractivity contribution in [2.45, 2.75) is 31.8 Å². The lowest BCUT2D eigenvalue weighted by Gasteiger charge is -2.13. The van der Waals surface area contributed by atoms with Gasteiger partial charge >= 0.3 is 0 Å². The predicted molar refractivity (Wildman–Crippen MR) is 132 cm³/mol. The van der Waals surface area contributed by atoms with E-state index in [1.54, 1.807) is 24.3 Å². The van der Waals surface area contributed by atoms with E-state index in [1.807, 2.05) is 19.1 Å². The fraction of sp³-hybridized carbons (Fsp3) is 0.381. The van der Waals surface area contributed by atoms with Crippen molar-refractivity contribution < 1.29 is 13.2 Å². The van der Waals surface area contributed by atoms with E-state index >= 15 is 0 Å². The summed E-state index contributed by atoms with van der Waals surface area (Å²) in [6.45, 7) is 6.55. The summed E-state index contributed by atoms with van der Waals surface area (Å²) >= 11 is 0. The summed E-state index contributed by atoms with van der Waals surface area (Å²) in [4.78, 5) is 4.82. The van der Waals surface area contributed by atoms with Crippen LogP contribution >= 0.6 is 24.0 Å². The average Bonchev–Trinajstić information content (AvgIpc) is 2.71. The number of aliphatic imine (C=N–C) groups is 1. The van der Waals surface area contributed by atoms with E-state index in [0.29, 0.717) is 25.7 Å². The second-order valence-electron chi connectivity index (χ2n) is 6.51. The molecule has 0 aliphatic heterocycles. The number of nitrogens with zero attached hydrogens (tertiary/aromatic N) is 1. The van der Waals surface area contributed by atoms with Gasteiger partial charge < -0.3 is 15.4 Å². The van der Waals surface area contributed by atoms with Crippen molar-refractivity contribution in [3.05, 3.63) is 65.2 Å². The summed E-state index contributed by atoms with van der Waals surface area (Å²) in [5.74, 6) is 0.716. The third-order valence-electron chi connectivity index (χ3n) is 4.30. The lowest BCUT2D eigenvalue weighted by Crippen LogP contribution is -2.36. The van der Waals surface area contributed by atoms with Gasteiger partial charge in [0.2, 0.25) is 10.0 Å². The van der Waals surface area contributed by atoms with Crippen LogP contribution in [0.2, 0.25) is 0 Å². The molecule has 166 valence electrons. The highest BCUT2D eigenvalue weighted by Crippen LogP contribution is 2.11. The lowest BCUT2D eigenvalue weighted by molar-refractivity contribution is 0.204. The van der Waals surface area contributed by atoms with E-state index in [0.717, 1.165) is 12.1 Å². The molecule has 2 rings (SSSR count). The maximum Gasteiger partial charge on any atom is 0.240 e. The molecule has 0 aliphatic rings. The molecule has 0 aromatic heterocycles. The molecule has 9 heteroatoms. The van der Waals surface area contributed by atoms with Gasteiger partial charge in [0.05, 0.1) is 18.0 Å². The number of halogens is 1. The number of hydrogen-bond acceptors (Lipinski definition) is 4. The van der Waals surface area contributed by atoms with E-state index in [-0.39, 0.29) is 35.4 Å². The number of rotatable bonds is 10. The molecule has 3 N–H and O–H groups in total. The number of benzene rings is 2. The maximum absolute atomic E-state index is 12.2. The quantitative estimate of drug-likeness (QED) is 0.185. The second kappa shape index (κ2) is 13.6. The first kappa shape index (κ1) is 26.3. The summed E-state index contributed by atoms with van der Waals surface area (Å²) in [6.07, 6.45) is 0. The Labute approximate surface area is 196 Å². The standard InChI is InChI=1S/C21H30N4O3S.HI/c1-4-22-21(24-16-19-8-6-5-7-17(19)2)23-15-18-9-11-20(12-10-18)29(26,27)25-13-14-28-3;/h5-12,25H,4,13-16H2,1-3H3,(H2,22,23,24);1H. The van der Waals surface area contributed by atoms with E-state index in [2.05, 4.69) is 39.4 Å². The summed E-state index contributed by atoms with van der Waals surface area (Å²) in [5.41, 5.74) is 3.37. The monoisotopic (exact) mass is 546 g/mol. The third kappa shape index (κ3) is 8.58. The summed E-state index contributed by atoms with van der Waals surface area (Å²) in [6, 6.07) is 15.0. The molecule has 0 amide bonds. The average molecular weight is 546 g/mol. The van der Waals surface area contributed by atoms with Crippen molar-refractivity contribution in [2.24, 2.45) is 4.99 Å². The van der Waals surface area contributed by atoms with Gasteiger partial charge in [-0.2, -0.15) is 0 Å². The van der Waals surface area contributed by atoms with Gasteiger partial charge in [-0.1, -0.05) is 36.4 Å². The van der Waals surface area contributed by atoms with Crippen LogP contribution in [-0.2, 0) is 27.8 Å². The fourth-order valence-electron chi connectivity index (χ4n) is 2.63. The molecule has 2 aromatic carbocycles. The second-order valence-corrected chi connectivity index (χ2v) is 8.28. The molecule has 2 aromatic rings. The van der Waals surface area contributed by atoms with Crippen molar-refractivity contribution >= 4 is 40.0 Å². The first-order valence-corrected chi connectivity index (χ1v) is 11.1. The van der Waals surface area contributed by atoms with Crippen LogP contribution in [0.4, 0.5) is 0 Å². The molecule has 0 saturated carbocycles. The third-order valence-corrected chi connectivity index (χ3v) is 5.78. The van der Waals surface area contributed by atoms with Crippen LogP contribution in [0.25, 0.3) is 0 Å². The van der Waals surface area contributed by atoms with Crippen molar-refractivity contribution in [1.29, 1.82) is 0 Å². The van der Waals surface area contributed by atoms with Gasteiger partial charge in [0, 0.05) is 26.7 Å². The molecule has 0 saturated heterocycles. The van der Waals surface area contributed by atoms with Gasteiger partial charge in [0.25, 0.3) is 0 Å². The number of guanidine groups is 1. The molecule has 0 heterocycles. The van der Waals surface area contributed by atoms with Gasteiger partial charge in [0.15, 0.2) is 5.96 Å². The van der Waals surface area contributed by atoms with E-state index in [9.17, 15) is 8.42 Å². The lowest BCUT2D eigenvalue weighted by atomic mass is 10.1.